The van der Waals surface area contributed by atoms with Crippen LogP contribution in [0.5, 0.6) is 0 Å². The van der Waals surface area contributed by atoms with Crippen LogP contribution in [0.1, 0.15) is 120 Å². The second-order valence-electron chi connectivity index (χ2n) is 16.4. The second kappa shape index (κ2) is 15.3. The molecule has 1 aliphatic carbocycles. The normalized spacial score (nSPS) is 21.7. The molecule has 0 aromatic heterocycles. The highest BCUT2D eigenvalue weighted by Gasteiger charge is 2.48. The summed E-state index contributed by atoms with van der Waals surface area (Å²) in [6.07, 6.45) is 9.16. The third kappa shape index (κ3) is 11.4. The van der Waals surface area contributed by atoms with Gasteiger partial charge in [0.1, 0.15) is 11.6 Å². The topological polar surface area (TPSA) is 89.9 Å². The molecule has 4 atom stereocenters. The number of rotatable bonds is 17. The standard InChI is InChI=1S/C34H64O6Si2/c1-14-15-22-34(8,9)30(40-42(12,13)33(5,6)7)21-20-26-27(23-25(35)18-16-17-19-31(37)38)28(36)24-29(26)39-41(10,11)32(2,3)4/h20-21,26-27,29-30H,14-19,22-24H2,1-13H3,(H,37,38)/b21-20+/t26-,27-,29-,30-/m1/s1. The fourth-order valence-electron chi connectivity index (χ4n) is 5.05. The fourth-order valence-corrected chi connectivity index (χ4v) is 7.78. The third-order valence-corrected chi connectivity index (χ3v) is 19.1. The molecule has 1 fully saturated rings. The molecule has 0 spiro atoms. The van der Waals surface area contributed by atoms with Gasteiger partial charge < -0.3 is 14.0 Å². The lowest BCUT2D eigenvalue weighted by atomic mass is 9.80. The fraction of sp³-hybridized carbons (Fsp3) is 0.853. The van der Waals surface area contributed by atoms with Crippen molar-refractivity contribution in [3.8, 4) is 0 Å². The van der Waals surface area contributed by atoms with E-state index in [1.807, 2.05) is 0 Å². The number of ketones is 2. The number of aliphatic carboxylic acids is 1. The van der Waals surface area contributed by atoms with E-state index in [1.54, 1.807) is 0 Å². The maximum atomic E-state index is 13.5. The predicted octanol–water partition coefficient (Wildman–Crippen LogP) is 9.35. The Balaban J connectivity index is 3.43. The monoisotopic (exact) mass is 624 g/mol. The highest BCUT2D eigenvalue weighted by Crippen LogP contribution is 2.45. The van der Waals surface area contributed by atoms with Gasteiger partial charge in [-0.25, -0.2) is 0 Å². The van der Waals surface area contributed by atoms with Crippen molar-refractivity contribution in [3.63, 3.8) is 0 Å². The summed E-state index contributed by atoms with van der Waals surface area (Å²) in [5.74, 6) is -1.33. The molecule has 0 saturated heterocycles. The Bertz CT molecular complexity index is 939. The first-order valence-corrected chi connectivity index (χ1v) is 22.1. The van der Waals surface area contributed by atoms with E-state index in [0.717, 1.165) is 19.3 Å². The minimum atomic E-state index is -2.17. The van der Waals surface area contributed by atoms with E-state index >= 15 is 0 Å². The van der Waals surface area contributed by atoms with Crippen molar-refractivity contribution in [1.29, 1.82) is 0 Å². The molecule has 1 rings (SSSR count). The van der Waals surface area contributed by atoms with E-state index in [1.165, 1.54) is 0 Å². The molecular formula is C34H64O6Si2. The maximum absolute atomic E-state index is 13.5. The highest BCUT2D eigenvalue weighted by atomic mass is 28.4. The molecule has 0 amide bonds. The Morgan fingerprint density at radius 1 is 0.929 bits per heavy atom. The minimum absolute atomic E-state index is 0.00151. The molecule has 42 heavy (non-hydrogen) atoms. The van der Waals surface area contributed by atoms with Crippen molar-refractivity contribution in [2.24, 2.45) is 17.3 Å². The number of hydrogen-bond donors (Lipinski definition) is 1. The molecule has 244 valence electrons. The molecule has 0 bridgehead atoms. The van der Waals surface area contributed by atoms with Gasteiger partial charge in [-0.1, -0.05) is 87.3 Å². The van der Waals surface area contributed by atoms with Gasteiger partial charge in [-0.2, -0.15) is 0 Å². The third-order valence-electron chi connectivity index (χ3n) is 10.2. The van der Waals surface area contributed by atoms with Gasteiger partial charge in [-0.15, -0.1) is 0 Å². The van der Waals surface area contributed by atoms with Crippen LogP contribution in [0.15, 0.2) is 12.2 Å². The van der Waals surface area contributed by atoms with Gasteiger partial charge in [0.15, 0.2) is 16.6 Å². The molecule has 8 heteroatoms. The Morgan fingerprint density at radius 2 is 1.48 bits per heavy atom. The first kappa shape index (κ1) is 38.9. The zero-order valence-electron chi connectivity index (χ0n) is 29.3. The van der Waals surface area contributed by atoms with Crippen molar-refractivity contribution in [2.45, 2.75) is 169 Å². The van der Waals surface area contributed by atoms with Crippen molar-refractivity contribution < 1.29 is 28.3 Å². The van der Waals surface area contributed by atoms with Crippen molar-refractivity contribution >= 4 is 34.2 Å². The van der Waals surface area contributed by atoms with Gasteiger partial charge in [0, 0.05) is 37.5 Å². The Kier molecular flexibility index (Phi) is 14.1. The minimum Gasteiger partial charge on any atom is -0.481 e. The molecule has 1 N–H and O–H groups in total. The number of unbranched alkanes of at least 4 members (excludes halogenated alkanes) is 2. The van der Waals surface area contributed by atoms with Crippen LogP contribution in [0, 0.1) is 17.3 Å². The first-order valence-electron chi connectivity index (χ1n) is 16.3. The molecule has 0 aliphatic heterocycles. The SMILES string of the molecule is CCCCC(C)(C)[C@@H](/C=C/[C@H]1[C@H](O[Si](C)(C)C(C)(C)C)CC(=O)[C@@H]1CC(=O)CCCCC(=O)O)O[Si](C)(C)C(C)(C)C. The van der Waals surface area contributed by atoms with Crippen LogP contribution in [0.2, 0.25) is 36.3 Å². The van der Waals surface area contributed by atoms with E-state index in [9.17, 15) is 14.4 Å². The van der Waals surface area contributed by atoms with Gasteiger partial charge in [-0.05, 0) is 60.9 Å². The Labute approximate surface area is 260 Å². The maximum Gasteiger partial charge on any atom is 0.303 e. The molecule has 1 saturated carbocycles. The van der Waals surface area contributed by atoms with Crippen molar-refractivity contribution in [1.82, 2.24) is 0 Å². The molecular weight excluding hydrogens is 561 g/mol. The zero-order valence-corrected chi connectivity index (χ0v) is 31.3. The lowest BCUT2D eigenvalue weighted by molar-refractivity contribution is -0.137. The quantitative estimate of drug-likeness (QED) is 0.0985. The predicted molar refractivity (Wildman–Crippen MR) is 179 cm³/mol. The van der Waals surface area contributed by atoms with E-state index in [4.69, 9.17) is 14.0 Å². The molecule has 1 aliphatic rings. The van der Waals surface area contributed by atoms with Crippen LogP contribution in [0.4, 0.5) is 0 Å². The zero-order chi connectivity index (χ0) is 32.7. The summed E-state index contributed by atoms with van der Waals surface area (Å²) in [6.45, 7) is 29.2. The van der Waals surface area contributed by atoms with Gasteiger partial charge in [0.25, 0.3) is 0 Å². The number of hydrogen-bond acceptors (Lipinski definition) is 5. The van der Waals surface area contributed by atoms with Crippen molar-refractivity contribution in [2.75, 3.05) is 0 Å². The number of carbonyl (C=O) groups excluding carboxylic acids is 2. The van der Waals surface area contributed by atoms with E-state index < -0.39 is 28.5 Å². The lowest BCUT2D eigenvalue weighted by Crippen LogP contribution is -2.47. The highest BCUT2D eigenvalue weighted by molar-refractivity contribution is 6.74. The van der Waals surface area contributed by atoms with E-state index in [2.05, 4.69) is 101 Å². The lowest BCUT2D eigenvalue weighted by Gasteiger charge is -2.44. The van der Waals surface area contributed by atoms with Crippen LogP contribution >= 0.6 is 0 Å². The van der Waals surface area contributed by atoms with Crippen LogP contribution in [0.3, 0.4) is 0 Å². The largest absolute Gasteiger partial charge is 0.481 e. The molecule has 0 radical (unpaired) electrons. The van der Waals surface area contributed by atoms with Gasteiger partial charge in [-0.3, -0.25) is 14.4 Å². The molecule has 0 heterocycles. The number of carboxylic acids is 1. The Morgan fingerprint density at radius 3 is 1.98 bits per heavy atom. The van der Waals surface area contributed by atoms with Crippen LogP contribution in [-0.2, 0) is 23.2 Å². The van der Waals surface area contributed by atoms with Crippen LogP contribution < -0.4 is 0 Å². The molecule has 0 unspecified atom stereocenters. The second-order valence-corrected chi connectivity index (χ2v) is 25.9. The summed E-state index contributed by atoms with van der Waals surface area (Å²) in [7, 11) is -4.27. The summed E-state index contributed by atoms with van der Waals surface area (Å²) in [6, 6.07) is 0. The summed E-state index contributed by atoms with van der Waals surface area (Å²) in [4.78, 5) is 37.4. The van der Waals surface area contributed by atoms with Gasteiger partial charge in [0.2, 0.25) is 0 Å². The van der Waals surface area contributed by atoms with E-state index in [0.29, 0.717) is 25.7 Å². The van der Waals surface area contributed by atoms with Gasteiger partial charge >= 0.3 is 5.97 Å². The summed E-state index contributed by atoms with van der Waals surface area (Å²) in [5.41, 5.74) is -0.0874. The van der Waals surface area contributed by atoms with Crippen LogP contribution in [0.25, 0.3) is 0 Å². The van der Waals surface area contributed by atoms with Crippen molar-refractivity contribution in [3.05, 3.63) is 12.2 Å². The Hall–Kier alpha value is -1.10. The molecule has 6 nitrogen and oxygen atoms in total. The number of carboxylic acid groups (broad SMARTS) is 1. The van der Waals surface area contributed by atoms with Gasteiger partial charge in [0.05, 0.1) is 12.2 Å². The number of Topliss-reactive ketones (excluding diaryl/α,β-unsaturated/α-hetero) is 2. The van der Waals surface area contributed by atoms with E-state index in [-0.39, 0.29) is 58.0 Å². The average Bonchev–Trinajstić information content (AvgIpc) is 3.09. The summed E-state index contributed by atoms with van der Waals surface area (Å²) < 4.78 is 13.9. The molecule has 0 aromatic rings. The first-order chi connectivity index (χ1) is 18.9. The summed E-state index contributed by atoms with van der Waals surface area (Å²) in [5, 5.41) is 8.99. The molecule has 0 aromatic carbocycles. The number of carbonyl (C=O) groups is 3. The average molecular weight is 625 g/mol. The smallest absolute Gasteiger partial charge is 0.303 e. The summed E-state index contributed by atoms with van der Waals surface area (Å²) >= 11 is 0. The van der Waals surface area contributed by atoms with Crippen LogP contribution in [-0.4, -0.2) is 51.5 Å².